The molecule has 1 aromatic carbocycles. The molecule has 1 aromatic rings. The molecule has 0 aliphatic carbocycles. The molecule has 0 radical (unpaired) electrons. The molecule has 0 spiro atoms. The van der Waals surface area contributed by atoms with Crippen molar-refractivity contribution in [2.24, 2.45) is 5.10 Å². The summed E-state index contributed by atoms with van der Waals surface area (Å²) in [5.41, 5.74) is -0.348. The van der Waals surface area contributed by atoms with Crippen molar-refractivity contribution in [3.63, 3.8) is 0 Å². The van der Waals surface area contributed by atoms with Crippen molar-refractivity contribution in [2.75, 3.05) is 12.1 Å². The minimum absolute atomic E-state index is 0.353. The van der Waals surface area contributed by atoms with Crippen LogP contribution in [0.3, 0.4) is 0 Å². The number of hydrazone groups is 1. The molecule has 0 bridgehead atoms. The van der Waals surface area contributed by atoms with Gasteiger partial charge in [-0.05, 0) is 41.2 Å². The monoisotopic (exact) mass is 322 g/mol. The van der Waals surface area contributed by atoms with Crippen LogP contribution in [0.5, 0.6) is 0 Å². The van der Waals surface area contributed by atoms with Crippen molar-refractivity contribution in [1.82, 2.24) is 10.6 Å². The highest BCUT2D eigenvalue weighted by Gasteiger charge is 2.32. The molecule has 0 saturated carbocycles. The van der Waals surface area contributed by atoms with Gasteiger partial charge in [-0.2, -0.15) is 13.2 Å². The number of halogens is 4. The van der Waals surface area contributed by atoms with Crippen LogP contribution in [0.1, 0.15) is 5.56 Å². The molecule has 98 valence electrons. The maximum Gasteiger partial charge on any atom is 0.416 e. The van der Waals surface area contributed by atoms with E-state index in [0.29, 0.717) is 10.4 Å². The van der Waals surface area contributed by atoms with Crippen molar-refractivity contribution in [1.29, 1.82) is 0 Å². The van der Waals surface area contributed by atoms with Gasteiger partial charge in [0.15, 0.2) is 11.0 Å². The summed E-state index contributed by atoms with van der Waals surface area (Å²) in [6.07, 6.45) is -4.75. The zero-order valence-corrected chi connectivity index (χ0v) is 10.9. The van der Waals surface area contributed by atoms with Gasteiger partial charge in [0.05, 0.1) is 11.3 Å². The second kappa shape index (κ2) is 4.77. The van der Waals surface area contributed by atoms with Crippen LogP contribution in [-0.2, 0) is 6.18 Å². The van der Waals surface area contributed by atoms with Crippen molar-refractivity contribution in [3.8, 4) is 0 Å². The quantitative estimate of drug-likeness (QED) is 0.821. The lowest BCUT2D eigenvalue weighted by atomic mass is 10.2. The number of nitrogens with one attached hydrogen (secondary N) is 2. The number of alkyl halides is 3. The molecular formula is C10H10BrF3N4. The molecule has 4 nitrogen and oxygen atoms in total. The second-order valence-corrected chi connectivity index (χ2v) is 4.37. The zero-order chi connectivity index (χ0) is 13.3. The van der Waals surface area contributed by atoms with Gasteiger partial charge in [0, 0.05) is 0 Å². The van der Waals surface area contributed by atoms with Gasteiger partial charge >= 0.3 is 6.18 Å². The predicted octanol–water partition coefficient (Wildman–Crippen LogP) is 2.28. The van der Waals surface area contributed by atoms with Gasteiger partial charge in [-0.25, -0.2) is 5.01 Å². The highest BCUT2D eigenvalue weighted by molar-refractivity contribution is 9.18. The van der Waals surface area contributed by atoms with Crippen LogP contribution in [0.25, 0.3) is 0 Å². The number of rotatable bonds is 2. The van der Waals surface area contributed by atoms with E-state index < -0.39 is 11.7 Å². The smallest absolute Gasteiger partial charge is 0.329 e. The number of amidine groups is 1. The Morgan fingerprint density at radius 3 is 2.78 bits per heavy atom. The van der Waals surface area contributed by atoms with Crippen molar-refractivity contribution in [2.45, 2.75) is 12.5 Å². The molecule has 1 aliphatic rings. The van der Waals surface area contributed by atoms with Gasteiger partial charge in [-0.1, -0.05) is 6.07 Å². The standard InChI is InChI=1S/C10H10BrF3N4/c1-15-9-16-8(11)17-18(9)7-4-2-3-6(5-7)10(12,13)14/h2-5,9,15H,1H3,(H,16,17). The number of hydrogen-bond acceptors (Lipinski definition) is 4. The Kier molecular flexibility index (Phi) is 3.49. The van der Waals surface area contributed by atoms with E-state index in [-0.39, 0.29) is 6.29 Å². The SMILES string of the molecule is CNC1NC(Br)=NN1c1cccc(C(F)(F)F)c1. The minimum Gasteiger partial charge on any atom is -0.329 e. The first kappa shape index (κ1) is 13.2. The Labute approximate surface area is 110 Å². The third-order valence-corrected chi connectivity index (χ3v) is 2.79. The van der Waals surface area contributed by atoms with E-state index >= 15 is 0 Å². The lowest BCUT2D eigenvalue weighted by molar-refractivity contribution is -0.137. The summed E-state index contributed by atoms with van der Waals surface area (Å²) in [7, 11) is 1.68. The molecular weight excluding hydrogens is 313 g/mol. The summed E-state index contributed by atoms with van der Waals surface area (Å²) in [6, 6.07) is 5.00. The first-order chi connectivity index (χ1) is 8.41. The van der Waals surface area contributed by atoms with Gasteiger partial charge in [-0.3, -0.25) is 5.32 Å². The van der Waals surface area contributed by atoms with E-state index in [2.05, 4.69) is 31.7 Å². The summed E-state index contributed by atoms with van der Waals surface area (Å²) in [5.74, 6) is 0. The Hall–Kier alpha value is -1.28. The Morgan fingerprint density at radius 1 is 1.44 bits per heavy atom. The minimum atomic E-state index is -4.36. The summed E-state index contributed by atoms with van der Waals surface area (Å²) in [5, 5.41) is 11.3. The molecule has 2 rings (SSSR count). The maximum atomic E-state index is 12.6. The van der Waals surface area contributed by atoms with E-state index in [9.17, 15) is 13.2 Å². The van der Waals surface area contributed by atoms with Crippen molar-refractivity contribution < 1.29 is 13.2 Å². The topological polar surface area (TPSA) is 39.7 Å². The van der Waals surface area contributed by atoms with Gasteiger partial charge in [0.1, 0.15) is 0 Å². The fourth-order valence-electron chi connectivity index (χ4n) is 1.58. The lowest BCUT2D eigenvalue weighted by Gasteiger charge is -2.23. The fraction of sp³-hybridized carbons (Fsp3) is 0.300. The maximum absolute atomic E-state index is 12.6. The molecule has 0 aromatic heterocycles. The largest absolute Gasteiger partial charge is 0.416 e. The van der Waals surface area contributed by atoms with Crippen molar-refractivity contribution in [3.05, 3.63) is 29.8 Å². The Bertz CT molecular complexity index is 474. The number of hydrogen-bond donors (Lipinski definition) is 2. The average Bonchev–Trinajstić information content (AvgIpc) is 2.69. The molecule has 8 heteroatoms. The van der Waals surface area contributed by atoms with Crippen LogP contribution < -0.4 is 15.6 Å². The predicted molar refractivity (Wildman–Crippen MR) is 66.3 cm³/mol. The summed E-state index contributed by atoms with van der Waals surface area (Å²) in [6.45, 7) is 0. The van der Waals surface area contributed by atoms with E-state index in [1.54, 1.807) is 13.1 Å². The van der Waals surface area contributed by atoms with E-state index in [0.717, 1.165) is 12.1 Å². The third kappa shape index (κ3) is 2.59. The van der Waals surface area contributed by atoms with Gasteiger partial charge < -0.3 is 5.32 Å². The van der Waals surface area contributed by atoms with Crippen LogP contribution >= 0.6 is 15.9 Å². The third-order valence-electron chi connectivity index (χ3n) is 2.41. The average molecular weight is 323 g/mol. The molecule has 0 saturated heterocycles. The van der Waals surface area contributed by atoms with Crippen LogP contribution in [0.2, 0.25) is 0 Å². The molecule has 1 unspecified atom stereocenters. The Balaban J connectivity index is 2.34. The van der Waals surface area contributed by atoms with Gasteiger partial charge in [0.25, 0.3) is 0 Å². The Morgan fingerprint density at radius 2 is 2.17 bits per heavy atom. The zero-order valence-electron chi connectivity index (χ0n) is 9.29. The molecule has 2 N–H and O–H groups in total. The fourth-order valence-corrected chi connectivity index (χ4v) is 1.97. The van der Waals surface area contributed by atoms with Crippen LogP contribution in [0, 0.1) is 0 Å². The highest BCUT2D eigenvalue weighted by atomic mass is 79.9. The summed E-state index contributed by atoms with van der Waals surface area (Å²) >= 11 is 3.15. The van der Waals surface area contributed by atoms with Crippen molar-refractivity contribution >= 4 is 26.4 Å². The van der Waals surface area contributed by atoms with Crippen LogP contribution in [0.15, 0.2) is 29.4 Å². The van der Waals surface area contributed by atoms with Gasteiger partial charge in [-0.15, -0.1) is 5.10 Å². The number of benzene rings is 1. The summed E-state index contributed by atoms with van der Waals surface area (Å²) < 4.78 is 38.3. The normalized spacial score (nSPS) is 19.7. The molecule has 1 atom stereocenters. The highest BCUT2D eigenvalue weighted by Crippen LogP contribution is 2.32. The molecule has 0 fully saturated rings. The molecule has 0 amide bonds. The number of nitrogens with zero attached hydrogens (tertiary/aromatic N) is 2. The number of anilines is 1. The van der Waals surface area contributed by atoms with E-state index in [1.165, 1.54) is 11.1 Å². The van der Waals surface area contributed by atoms with E-state index in [1.807, 2.05) is 0 Å². The van der Waals surface area contributed by atoms with E-state index in [4.69, 9.17) is 0 Å². The second-order valence-electron chi connectivity index (χ2n) is 3.62. The van der Waals surface area contributed by atoms with Crippen LogP contribution in [0.4, 0.5) is 18.9 Å². The van der Waals surface area contributed by atoms with Gasteiger partial charge in [0.2, 0.25) is 0 Å². The molecule has 1 heterocycles. The molecule has 1 aliphatic heterocycles. The van der Waals surface area contributed by atoms with Crippen LogP contribution in [-0.4, -0.2) is 18.1 Å². The first-order valence-electron chi connectivity index (χ1n) is 5.06. The molecule has 18 heavy (non-hydrogen) atoms. The lowest BCUT2D eigenvalue weighted by Crippen LogP contribution is -2.47. The summed E-state index contributed by atoms with van der Waals surface area (Å²) in [4.78, 5) is 0. The first-order valence-corrected chi connectivity index (χ1v) is 5.85.